The van der Waals surface area contributed by atoms with Gasteiger partial charge in [-0.05, 0) is 86.2 Å². The second-order valence-electron chi connectivity index (χ2n) is 6.66. The van der Waals surface area contributed by atoms with Gasteiger partial charge in [-0.1, -0.05) is 17.7 Å². The summed E-state index contributed by atoms with van der Waals surface area (Å²) in [7, 11) is 1.60. The summed E-state index contributed by atoms with van der Waals surface area (Å²) < 4.78 is 5.12. The largest absolute Gasteiger partial charge is 0.497 e. The van der Waals surface area contributed by atoms with Crippen LogP contribution < -0.4 is 20.7 Å². The molecule has 0 aromatic heterocycles. The molecular weight excluding hydrogens is 382 g/mol. The van der Waals surface area contributed by atoms with Gasteiger partial charge in [0.25, 0.3) is 5.91 Å². The zero-order valence-electron chi connectivity index (χ0n) is 16.6. The highest BCUT2D eigenvalue weighted by atomic mass is 32.1. The van der Waals surface area contributed by atoms with Crippen LogP contribution >= 0.6 is 12.2 Å². The molecule has 5 nitrogen and oxygen atoms in total. The summed E-state index contributed by atoms with van der Waals surface area (Å²) in [5.41, 5.74) is 5.35. The van der Waals surface area contributed by atoms with Crippen LogP contribution in [0.15, 0.2) is 66.7 Å². The number of rotatable bonds is 5. The van der Waals surface area contributed by atoms with E-state index in [1.165, 1.54) is 5.56 Å². The quantitative estimate of drug-likeness (QED) is 0.498. The van der Waals surface area contributed by atoms with Gasteiger partial charge >= 0.3 is 0 Å². The monoisotopic (exact) mass is 405 g/mol. The first-order valence-corrected chi connectivity index (χ1v) is 9.56. The number of methoxy groups -OCH3 is 1. The average Bonchev–Trinajstić information content (AvgIpc) is 2.71. The number of anilines is 3. The molecule has 0 saturated heterocycles. The second kappa shape index (κ2) is 9.21. The zero-order chi connectivity index (χ0) is 20.8. The summed E-state index contributed by atoms with van der Waals surface area (Å²) in [6.07, 6.45) is 0. The molecule has 0 spiro atoms. The summed E-state index contributed by atoms with van der Waals surface area (Å²) in [5.74, 6) is 0.557. The third kappa shape index (κ3) is 5.56. The number of carbonyl (C=O) groups is 1. The highest BCUT2D eigenvalue weighted by Gasteiger charge is 2.07. The van der Waals surface area contributed by atoms with E-state index in [1.54, 1.807) is 43.5 Å². The molecule has 0 bridgehead atoms. The van der Waals surface area contributed by atoms with Gasteiger partial charge in [0.15, 0.2) is 5.11 Å². The van der Waals surface area contributed by atoms with Gasteiger partial charge in [-0.15, -0.1) is 0 Å². The minimum Gasteiger partial charge on any atom is -0.497 e. The first-order valence-electron chi connectivity index (χ1n) is 9.15. The molecule has 6 heteroatoms. The maximum Gasteiger partial charge on any atom is 0.255 e. The number of nitrogens with one attached hydrogen (secondary N) is 3. The van der Waals surface area contributed by atoms with Gasteiger partial charge in [0.05, 0.1) is 7.11 Å². The molecule has 1 amide bonds. The summed E-state index contributed by atoms with van der Waals surface area (Å²) >= 11 is 5.39. The molecule has 29 heavy (non-hydrogen) atoms. The molecule has 0 saturated carbocycles. The van der Waals surface area contributed by atoms with Crippen LogP contribution in [-0.4, -0.2) is 18.1 Å². The Morgan fingerprint density at radius 3 is 2.07 bits per heavy atom. The summed E-state index contributed by atoms with van der Waals surface area (Å²) in [6.45, 7) is 4.09. The fourth-order valence-corrected chi connectivity index (χ4v) is 3.05. The minimum atomic E-state index is -0.183. The van der Waals surface area contributed by atoms with E-state index < -0.39 is 0 Å². The number of thiocarbonyl (C=S) groups is 1. The van der Waals surface area contributed by atoms with Crippen molar-refractivity contribution < 1.29 is 9.53 Å². The standard InChI is InChI=1S/C23H23N3O2S/c1-15-4-13-21(16(2)14-15)26-23(29)25-19-7-5-17(6-8-19)22(27)24-18-9-11-20(28-3)12-10-18/h4-14H,1-3H3,(H,24,27)(H2,25,26,29). The summed E-state index contributed by atoms with van der Waals surface area (Å²) in [5, 5.41) is 9.68. The number of carbonyl (C=O) groups excluding carboxylic acids is 1. The lowest BCUT2D eigenvalue weighted by molar-refractivity contribution is 0.102. The summed E-state index contributed by atoms with van der Waals surface area (Å²) in [4.78, 5) is 12.4. The molecule has 0 aliphatic heterocycles. The molecule has 3 rings (SSSR count). The lowest BCUT2D eigenvalue weighted by Gasteiger charge is -2.13. The lowest BCUT2D eigenvalue weighted by Crippen LogP contribution is -2.19. The molecule has 0 aliphatic rings. The smallest absolute Gasteiger partial charge is 0.255 e. The van der Waals surface area contributed by atoms with E-state index >= 15 is 0 Å². The minimum absolute atomic E-state index is 0.183. The van der Waals surface area contributed by atoms with Crippen LogP contribution in [0, 0.1) is 13.8 Å². The fraction of sp³-hybridized carbons (Fsp3) is 0.130. The molecule has 0 fully saturated rings. The Hall–Kier alpha value is -3.38. The van der Waals surface area contributed by atoms with Crippen LogP contribution in [0.2, 0.25) is 0 Å². The van der Waals surface area contributed by atoms with Crippen LogP contribution in [0.25, 0.3) is 0 Å². The first-order chi connectivity index (χ1) is 13.9. The van der Waals surface area contributed by atoms with Crippen molar-refractivity contribution in [3.63, 3.8) is 0 Å². The molecule has 3 aromatic carbocycles. The van der Waals surface area contributed by atoms with Crippen molar-refractivity contribution in [1.82, 2.24) is 0 Å². The Morgan fingerprint density at radius 2 is 1.45 bits per heavy atom. The predicted molar refractivity (Wildman–Crippen MR) is 123 cm³/mol. The van der Waals surface area contributed by atoms with Crippen molar-refractivity contribution in [2.75, 3.05) is 23.1 Å². The molecule has 0 unspecified atom stereocenters. The Morgan fingerprint density at radius 1 is 0.828 bits per heavy atom. The Kier molecular flexibility index (Phi) is 6.46. The number of benzene rings is 3. The van der Waals surface area contributed by atoms with E-state index in [2.05, 4.69) is 28.9 Å². The molecule has 0 atom stereocenters. The van der Waals surface area contributed by atoms with Gasteiger partial charge in [0.2, 0.25) is 0 Å². The Balaban J connectivity index is 1.58. The van der Waals surface area contributed by atoms with E-state index in [4.69, 9.17) is 17.0 Å². The van der Waals surface area contributed by atoms with Crippen LogP contribution in [0.4, 0.5) is 17.1 Å². The Bertz CT molecular complexity index is 1020. The van der Waals surface area contributed by atoms with Crippen molar-refractivity contribution in [2.45, 2.75) is 13.8 Å². The molecule has 0 heterocycles. The van der Waals surface area contributed by atoms with E-state index in [0.717, 1.165) is 22.7 Å². The highest BCUT2D eigenvalue weighted by molar-refractivity contribution is 7.80. The summed E-state index contributed by atoms with van der Waals surface area (Å²) in [6, 6.07) is 20.5. The Labute approximate surface area is 176 Å². The van der Waals surface area contributed by atoms with Crippen molar-refractivity contribution >= 4 is 40.3 Å². The maximum atomic E-state index is 12.4. The van der Waals surface area contributed by atoms with Crippen LogP contribution in [0.3, 0.4) is 0 Å². The topological polar surface area (TPSA) is 62.4 Å². The fourth-order valence-electron chi connectivity index (χ4n) is 2.82. The molecule has 148 valence electrons. The number of aryl methyl sites for hydroxylation is 2. The number of hydrogen-bond acceptors (Lipinski definition) is 3. The lowest BCUT2D eigenvalue weighted by atomic mass is 10.1. The van der Waals surface area contributed by atoms with Crippen LogP contribution in [0.5, 0.6) is 5.75 Å². The van der Waals surface area contributed by atoms with E-state index in [0.29, 0.717) is 16.4 Å². The highest BCUT2D eigenvalue weighted by Crippen LogP contribution is 2.18. The van der Waals surface area contributed by atoms with Gasteiger partial charge in [0.1, 0.15) is 5.75 Å². The number of hydrogen-bond donors (Lipinski definition) is 3. The average molecular weight is 406 g/mol. The van der Waals surface area contributed by atoms with Crippen LogP contribution in [-0.2, 0) is 0 Å². The second-order valence-corrected chi connectivity index (χ2v) is 7.07. The van der Waals surface area contributed by atoms with E-state index in [-0.39, 0.29) is 5.91 Å². The molecular formula is C23H23N3O2S. The van der Waals surface area contributed by atoms with E-state index in [1.807, 2.05) is 31.2 Å². The molecule has 0 aliphatic carbocycles. The van der Waals surface area contributed by atoms with Crippen molar-refractivity contribution in [1.29, 1.82) is 0 Å². The van der Waals surface area contributed by atoms with Gasteiger partial charge in [-0.25, -0.2) is 0 Å². The normalized spacial score (nSPS) is 10.2. The number of amides is 1. The van der Waals surface area contributed by atoms with Gasteiger partial charge in [-0.2, -0.15) is 0 Å². The predicted octanol–water partition coefficient (Wildman–Crippen LogP) is 5.37. The molecule has 3 aromatic rings. The van der Waals surface area contributed by atoms with Crippen molar-refractivity contribution in [3.8, 4) is 5.75 Å². The van der Waals surface area contributed by atoms with Gasteiger partial charge < -0.3 is 20.7 Å². The zero-order valence-corrected chi connectivity index (χ0v) is 17.4. The molecule has 0 radical (unpaired) electrons. The third-order valence-corrected chi connectivity index (χ3v) is 4.59. The van der Waals surface area contributed by atoms with Crippen molar-refractivity contribution in [2.24, 2.45) is 0 Å². The maximum absolute atomic E-state index is 12.4. The number of ether oxygens (including phenoxy) is 1. The third-order valence-electron chi connectivity index (χ3n) is 4.38. The molecule has 3 N–H and O–H groups in total. The first kappa shape index (κ1) is 20.4. The van der Waals surface area contributed by atoms with Crippen molar-refractivity contribution in [3.05, 3.63) is 83.4 Å². The van der Waals surface area contributed by atoms with Gasteiger partial charge in [0, 0.05) is 22.6 Å². The van der Waals surface area contributed by atoms with E-state index in [9.17, 15) is 4.79 Å². The van der Waals surface area contributed by atoms with Gasteiger partial charge in [-0.3, -0.25) is 4.79 Å². The SMILES string of the molecule is COc1ccc(NC(=O)c2ccc(NC(=S)Nc3ccc(C)cc3C)cc2)cc1. The van der Waals surface area contributed by atoms with Crippen LogP contribution in [0.1, 0.15) is 21.5 Å².